The zero-order chi connectivity index (χ0) is 26.5. The Morgan fingerprint density at radius 3 is 2.20 bits per heavy atom. The molecule has 194 valence electrons. The zero-order valence-electron chi connectivity index (χ0n) is 21.5. The number of nitrogens with one attached hydrogen (secondary N) is 3. The lowest BCUT2D eigenvalue weighted by Gasteiger charge is -2.25. The number of unbranched alkanes of at least 4 members (excludes halogenated alkanes) is 1. The van der Waals surface area contributed by atoms with E-state index in [0.29, 0.717) is 12.2 Å². The molecule has 3 N–H and O–H groups in total. The number of urea groups is 1. The van der Waals surface area contributed by atoms with E-state index in [0.717, 1.165) is 24.8 Å². The molecule has 0 saturated carbocycles. The van der Waals surface area contributed by atoms with Gasteiger partial charge >= 0.3 is 18.0 Å². The summed E-state index contributed by atoms with van der Waals surface area (Å²) in [5, 5.41) is 6.10. The standard InChI is InChI=1S/C24H38N6O5/c1-23(2,3)34-20(31)15-14-19(21(32)35-24(4,5)6)27-22(33)29-26-16-8-7-9-17-10-12-18(13-11-17)28-30-25/h10-13,19,26H,7-9,14-16H2,1-6H3,(H2,27,29,33)/t19-/m0/s1. The number of carbonyl (C=O) groups is 3. The third-order valence-corrected chi connectivity index (χ3v) is 4.37. The van der Waals surface area contributed by atoms with Crippen LogP contribution in [0.15, 0.2) is 29.4 Å². The van der Waals surface area contributed by atoms with Gasteiger partial charge in [-0.1, -0.05) is 29.4 Å². The average molecular weight is 491 g/mol. The molecule has 0 spiro atoms. The van der Waals surface area contributed by atoms with E-state index < -0.39 is 35.2 Å². The molecular weight excluding hydrogens is 452 g/mol. The number of carbonyl (C=O) groups excluding carboxylic acids is 3. The van der Waals surface area contributed by atoms with Gasteiger partial charge in [-0.15, -0.1) is 0 Å². The second-order valence-corrected chi connectivity index (χ2v) is 10.0. The van der Waals surface area contributed by atoms with Crippen molar-refractivity contribution in [3.63, 3.8) is 0 Å². The van der Waals surface area contributed by atoms with E-state index in [1.807, 2.05) is 12.1 Å². The molecule has 35 heavy (non-hydrogen) atoms. The normalized spacial score (nSPS) is 12.2. The van der Waals surface area contributed by atoms with Crippen molar-refractivity contribution in [2.75, 3.05) is 6.54 Å². The largest absolute Gasteiger partial charge is 0.460 e. The molecule has 11 nitrogen and oxygen atoms in total. The van der Waals surface area contributed by atoms with Crippen LogP contribution in [0.4, 0.5) is 10.5 Å². The number of hydrogen-bond donors (Lipinski definition) is 3. The van der Waals surface area contributed by atoms with Gasteiger partial charge in [-0.3, -0.25) is 10.2 Å². The van der Waals surface area contributed by atoms with Crippen LogP contribution >= 0.6 is 0 Å². The summed E-state index contributed by atoms with van der Waals surface area (Å²) in [4.78, 5) is 39.6. The van der Waals surface area contributed by atoms with Crippen LogP contribution in [0.2, 0.25) is 0 Å². The van der Waals surface area contributed by atoms with Crippen molar-refractivity contribution in [3.05, 3.63) is 40.3 Å². The van der Waals surface area contributed by atoms with Gasteiger partial charge < -0.3 is 14.8 Å². The fraction of sp³-hybridized carbons (Fsp3) is 0.625. The van der Waals surface area contributed by atoms with Gasteiger partial charge in [-0.05, 0) is 78.3 Å². The third-order valence-electron chi connectivity index (χ3n) is 4.37. The Hall–Kier alpha value is -3.30. The Balaban J connectivity index is 2.44. The molecule has 0 fully saturated rings. The predicted molar refractivity (Wildman–Crippen MR) is 133 cm³/mol. The number of ether oxygens (including phenoxy) is 2. The fourth-order valence-electron chi connectivity index (χ4n) is 2.94. The maximum absolute atomic E-state index is 12.5. The van der Waals surface area contributed by atoms with Crippen LogP contribution in [0.5, 0.6) is 0 Å². The van der Waals surface area contributed by atoms with Gasteiger partial charge in [0, 0.05) is 23.6 Å². The summed E-state index contributed by atoms with van der Waals surface area (Å²) in [5.74, 6) is -1.08. The highest BCUT2D eigenvalue weighted by molar-refractivity contribution is 5.84. The number of benzene rings is 1. The Bertz CT molecular complexity index is 883. The predicted octanol–water partition coefficient (Wildman–Crippen LogP) is 4.59. The number of aryl methyl sites for hydroxylation is 1. The number of nitrogens with zero attached hydrogens (tertiary/aromatic N) is 3. The Kier molecular flexibility index (Phi) is 12.0. The van der Waals surface area contributed by atoms with Crippen molar-refractivity contribution in [1.29, 1.82) is 0 Å². The van der Waals surface area contributed by atoms with Crippen LogP contribution in [0.25, 0.3) is 10.4 Å². The minimum absolute atomic E-state index is 0.0429. The Morgan fingerprint density at radius 1 is 1.00 bits per heavy atom. The lowest BCUT2D eigenvalue weighted by molar-refractivity contribution is -0.158. The molecule has 0 saturated heterocycles. The fourth-order valence-corrected chi connectivity index (χ4v) is 2.94. The van der Waals surface area contributed by atoms with Crippen molar-refractivity contribution in [2.24, 2.45) is 5.11 Å². The van der Waals surface area contributed by atoms with E-state index >= 15 is 0 Å². The average Bonchev–Trinajstić information content (AvgIpc) is 2.72. The smallest absolute Gasteiger partial charge is 0.329 e. The first kappa shape index (κ1) is 29.7. The van der Waals surface area contributed by atoms with Crippen molar-refractivity contribution in [1.82, 2.24) is 16.2 Å². The molecule has 1 aromatic carbocycles. The highest BCUT2D eigenvalue weighted by Gasteiger charge is 2.28. The van der Waals surface area contributed by atoms with Gasteiger partial charge in [0.05, 0.1) is 0 Å². The first-order valence-corrected chi connectivity index (χ1v) is 11.7. The summed E-state index contributed by atoms with van der Waals surface area (Å²) < 4.78 is 10.7. The molecule has 0 aliphatic rings. The lowest BCUT2D eigenvalue weighted by atomic mass is 10.1. The van der Waals surface area contributed by atoms with Gasteiger partial charge in [0.25, 0.3) is 0 Å². The maximum atomic E-state index is 12.5. The maximum Gasteiger partial charge on any atom is 0.329 e. The highest BCUT2D eigenvalue weighted by Crippen LogP contribution is 2.15. The quantitative estimate of drug-likeness (QED) is 0.0972. The molecule has 0 unspecified atom stereocenters. The summed E-state index contributed by atoms with van der Waals surface area (Å²) in [6.45, 7) is 11.0. The molecule has 0 heterocycles. The molecular formula is C24H38N6O5. The minimum Gasteiger partial charge on any atom is -0.460 e. The molecule has 0 aliphatic heterocycles. The van der Waals surface area contributed by atoms with E-state index in [-0.39, 0.29) is 12.8 Å². The van der Waals surface area contributed by atoms with Crippen LogP contribution in [0, 0.1) is 0 Å². The van der Waals surface area contributed by atoms with Gasteiger partial charge in [0.2, 0.25) is 0 Å². The third kappa shape index (κ3) is 14.5. The van der Waals surface area contributed by atoms with Gasteiger partial charge in [0.1, 0.15) is 17.2 Å². The molecule has 1 rings (SSSR count). The van der Waals surface area contributed by atoms with Gasteiger partial charge in [0.15, 0.2) is 0 Å². The van der Waals surface area contributed by atoms with E-state index in [4.69, 9.17) is 15.0 Å². The number of hydrazine groups is 1. The number of azide groups is 1. The molecule has 11 heteroatoms. The zero-order valence-corrected chi connectivity index (χ0v) is 21.5. The summed E-state index contributed by atoms with van der Waals surface area (Å²) in [5.41, 5.74) is 14.1. The van der Waals surface area contributed by atoms with Crippen LogP contribution in [0.1, 0.15) is 72.8 Å². The Labute approximate surface area is 206 Å². The molecule has 2 amide bonds. The number of rotatable bonds is 12. The first-order valence-electron chi connectivity index (χ1n) is 11.7. The summed E-state index contributed by atoms with van der Waals surface area (Å²) in [6.07, 6.45) is 2.53. The van der Waals surface area contributed by atoms with Crippen molar-refractivity contribution < 1.29 is 23.9 Å². The highest BCUT2D eigenvalue weighted by atomic mass is 16.6. The molecule has 0 radical (unpaired) electrons. The van der Waals surface area contributed by atoms with Crippen LogP contribution in [0.3, 0.4) is 0 Å². The minimum atomic E-state index is -1.00. The monoisotopic (exact) mass is 490 g/mol. The van der Waals surface area contributed by atoms with E-state index in [2.05, 4.69) is 26.2 Å². The van der Waals surface area contributed by atoms with E-state index in [1.165, 1.54) is 0 Å². The second-order valence-electron chi connectivity index (χ2n) is 10.0. The van der Waals surface area contributed by atoms with Gasteiger partial charge in [-0.2, -0.15) is 0 Å². The van der Waals surface area contributed by atoms with Crippen LogP contribution < -0.4 is 16.2 Å². The van der Waals surface area contributed by atoms with E-state index in [1.54, 1.807) is 53.7 Å². The first-order chi connectivity index (χ1) is 16.3. The molecule has 0 aromatic heterocycles. The van der Waals surface area contributed by atoms with Crippen molar-refractivity contribution in [2.45, 2.75) is 90.9 Å². The van der Waals surface area contributed by atoms with Crippen molar-refractivity contribution >= 4 is 23.7 Å². The van der Waals surface area contributed by atoms with E-state index in [9.17, 15) is 14.4 Å². The summed E-state index contributed by atoms with van der Waals surface area (Å²) in [6, 6.07) is 5.76. The molecule has 1 atom stereocenters. The molecule has 0 aliphatic carbocycles. The number of hydrogen-bond acceptors (Lipinski definition) is 7. The second kappa shape index (κ2) is 14.2. The lowest BCUT2D eigenvalue weighted by Crippen LogP contribution is -2.51. The summed E-state index contributed by atoms with van der Waals surface area (Å²) in [7, 11) is 0. The number of esters is 2. The summed E-state index contributed by atoms with van der Waals surface area (Å²) >= 11 is 0. The molecule has 0 bridgehead atoms. The molecule has 1 aromatic rings. The topological polar surface area (TPSA) is 155 Å². The Morgan fingerprint density at radius 2 is 1.63 bits per heavy atom. The van der Waals surface area contributed by atoms with Crippen LogP contribution in [-0.2, 0) is 25.5 Å². The van der Waals surface area contributed by atoms with Gasteiger partial charge in [-0.25, -0.2) is 15.0 Å². The van der Waals surface area contributed by atoms with Crippen molar-refractivity contribution in [3.8, 4) is 0 Å². The number of amides is 2. The SMILES string of the molecule is CC(C)(C)OC(=O)CC[C@H](NC(=O)NNCCCCc1ccc(N=[N+]=[N-])cc1)C(=O)OC(C)(C)C. The van der Waals surface area contributed by atoms with Crippen LogP contribution in [-0.4, -0.2) is 41.8 Å².